The Morgan fingerprint density at radius 1 is 1.53 bits per heavy atom. The quantitative estimate of drug-likeness (QED) is 0.583. The Labute approximate surface area is 90.2 Å². The van der Waals surface area contributed by atoms with Crippen LogP contribution in [0, 0.1) is 11.3 Å². The molecule has 0 unspecified atom stereocenters. The van der Waals surface area contributed by atoms with E-state index in [2.05, 4.69) is 11.4 Å². The van der Waals surface area contributed by atoms with Gasteiger partial charge in [0.25, 0.3) is 0 Å². The molecule has 0 saturated carbocycles. The summed E-state index contributed by atoms with van der Waals surface area (Å²) >= 11 is 0. The zero-order valence-electron chi connectivity index (χ0n) is 9.04. The van der Waals surface area contributed by atoms with Gasteiger partial charge in [-0.1, -0.05) is 11.6 Å². The molecule has 0 heterocycles. The fourth-order valence-corrected chi connectivity index (χ4v) is 1.16. The van der Waals surface area contributed by atoms with Crippen molar-refractivity contribution >= 4 is 11.4 Å². The Balaban J connectivity index is 2.71. The molecule has 0 saturated heterocycles. The number of nitrogens with two attached hydrogens (primary N) is 1. The zero-order chi connectivity index (χ0) is 11.3. The van der Waals surface area contributed by atoms with E-state index in [1.54, 1.807) is 12.1 Å². The van der Waals surface area contributed by atoms with Crippen LogP contribution in [-0.2, 0) is 0 Å². The standard InChI is InChI=1S/C12H15N3/c1-9(2)5-6-15-12-4-3-10(8-13)7-11(12)14/h3-5,7,15H,6,14H2,1-2H3. The van der Waals surface area contributed by atoms with Crippen LogP contribution in [0.15, 0.2) is 29.8 Å². The van der Waals surface area contributed by atoms with Gasteiger partial charge in [0.15, 0.2) is 0 Å². The third-order valence-corrected chi connectivity index (χ3v) is 1.98. The molecule has 1 aromatic carbocycles. The van der Waals surface area contributed by atoms with Gasteiger partial charge >= 0.3 is 0 Å². The first-order valence-electron chi connectivity index (χ1n) is 4.80. The molecule has 0 aliphatic rings. The van der Waals surface area contributed by atoms with Gasteiger partial charge in [-0.05, 0) is 32.0 Å². The van der Waals surface area contributed by atoms with E-state index in [4.69, 9.17) is 11.0 Å². The van der Waals surface area contributed by atoms with Crippen molar-refractivity contribution in [3.05, 3.63) is 35.4 Å². The van der Waals surface area contributed by atoms with Crippen LogP contribution in [0.25, 0.3) is 0 Å². The fourth-order valence-electron chi connectivity index (χ4n) is 1.16. The Morgan fingerprint density at radius 2 is 2.27 bits per heavy atom. The number of rotatable bonds is 3. The third-order valence-electron chi connectivity index (χ3n) is 1.98. The van der Waals surface area contributed by atoms with E-state index in [0.717, 1.165) is 12.2 Å². The summed E-state index contributed by atoms with van der Waals surface area (Å²) in [6.45, 7) is 4.84. The number of allylic oxidation sites excluding steroid dienone is 1. The lowest BCUT2D eigenvalue weighted by Gasteiger charge is -2.07. The number of hydrogen-bond donors (Lipinski definition) is 2. The van der Waals surface area contributed by atoms with Gasteiger partial charge in [-0.2, -0.15) is 5.26 Å². The molecule has 0 radical (unpaired) electrons. The Hall–Kier alpha value is -1.95. The van der Waals surface area contributed by atoms with Crippen molar-refractivity contribution in [1.82, 2.24) is 0 Å². The minimum absolute atomic E-state index is 0.584. The molecule has 3 nitrogen and oxygen atoms in total. The molecule has 0 aliphatic heterocycles. The fraction of sp³-hybridized carbons (Fsp3) is 0.250. The Morgan fingerprint density at radius 3 is 2.80 bits per heavy atom. The van der Waals surface area contributed by atoms with Gasteiger partial charge in [0, 0.05) is 6.54 Å². The van der Waals surface area contributed by atoms with E-state index in [1.165, 1.54) is 5.57 Å². The van der Waals surface area contributed by atoms with E-state index in [9.17, 15) is 0 Å². The van der Waals surface area contributed by atoms with E-state index in [1.807, 2.05) is 26.0 Å². The van der Waals surface area contributed by atoms with Gasteiger partial charge in [-0.25, -0.2) is 0 Å². The average molecular weight is 201 g/mol. The van der Waals surface area contributed by atoms with Crippen molar-refractivity contribution in [2.24, 2.45) is 0 Å². The van der Waals surface area contributed by atoms with Crippen molar-refractivity contribution in [2.75, 3.05) is 17.6 Å². The van der Waals surface area contributed by atoms with Crippen molar-refractivity contribution in [1.29, 1.82) is 5.26 Å². The van der Waals surface area contributed by atoms with E-state index in [0.29, 0.717) is 11.3 Å². The molecule has 0 aliphatic carbocycles. The van der Waals surface area contributed by atoms with Crippen LogP contribution >= 0.6 is 0 Å². The maximum atomic E-state index is 8.67. The maximum Gasteiger partial charge on any atom is 0.0992 e. The summed E-state index contributed by atoms with van der Waals surface area (Å²) in [4.78, 5) is 0. The van der Waals surface area contributed by atoms with Gasteiger partial charge in [0.05, 0.1) is 23.0 Å². The van der Waals surface area contributed by atoms with Crippen molar-refractivity contribution in [2.45, 2.75) is 13.8 Å². The predicted octanol–water partition coefficient (Wildman–Crippen LogP) is 2.52. The molecule has 1 aromatic rings. The highest BCUT2D eigenvalue weighted by Crippen LogP contribution is 2.19. The topological polar surface area (TPSA) is 61.8 Å². The molecule has 3 N–H and O–H groups in total. The molecule has 0 aromatic heterocycles. The van der Waals surface area contributed by atoms with Crippen LogP contribution in [-0.4, -0.2) is 6.54 Å². The summed E-state index contributed by atoms with van der Waals surface area (Å²) in [6, 6.07) is 7.30. The largest absolute Gasteiger partial charge is 0.397 e. The lowest BCUT2D eigenvalue weighted by atomic mass is 10.2. The minimum atomic E-state index is 0.584. The molecule has 1 rings (SSSR count). The Bertz CT molecular complexity index is 409. The van der Waals surface area contributed by atoms with Gasteiger partial charge in [-0.3, -0.25) is 0 Å². The van der Waals surface area contributed by atoms with Crippen molar-refractivity contribution in [3.63, 3.8) is 0 Å². The predicted molar refractivity (Wildman–Crippen MR) is 63.5 cm³/mol. The minimum Gasteiger partial charge on any atom is -0.397 e. The molecule has 3 heteroatoms. The molecule has 0 spiro atoms. The van der Waals surface area contributed by atoms with Gasteiger partial charge in [0.1, 0.15) is 0 Å². The van der Waals surface area contributed by atoms with Crippen LogP contribution in [0.5, 0.6) is 0 Å². The van der Waals surface area contributed by atoms with E-state index >= 15 is 0 Å². The summed E-state index contributed by atoms with van der Waals surface area (Å²) in [5, 5.41) is 11.9. The van der Waals surface area contributed by atoms with Crippen LogP contribution in [0.2, 0.25) is 0 Å². The summed E-state index contributed by atoms with van der Waals surface area (Å²) in [7, 11) is 0. The van der Waals surface area contributed by atoms with Gasteiger partial charge in [0.2, 0.25) is 0 Å². The normalized spacial score (nSPS) is 9.13. The van der Waals surface area contributed by atoms with Gasteiger partial charge < -0.3 is 11.1 Å². The van der Waals surface area contributed by atoms with E-state index in [-0.39, 0.29) is 0 Å². The molecule has 0 fully saturated rings. The number of nitrogen functional groups attached to an aromatic ring is 1. The molecular formula is C12H15N3. The second-order valence-electron chi connectivity index (χ2n) is 3.58. The lowest BCUT2D eigenvalue weighted by molar-refractivity contribution is 1.26. The molecule has 0 atom stereocenters. The zero-order valence-corrected chi connectivity index (χ0v) is 9.04. The highest BCUT2D eigenvalue weighted by Gasteiger charge is 1.98. The average Bonchev–Trinajstić information content (AvgIpc) is 2.20. The first-order chi connectivity index (χ1) is 7.13. The number of hydrogen-bond acceptors (Lipinski definition) is 3. The first kappa shape index (κ1) is 11.1. The second kappa shape index (κ2) is 5.06. The highest BCUT2D eigenvalue weighted by molar-refractivity contribution is 5.68. The first-order valence-corrected chi connectivity index (χ1v) is 4.80. The van der Waals surface area contributed by atoms with Crippen LogP contribution in [0.3, 0.4) is 0 Å². The monoisotopic (exact) mass is 201 g/mol. The number of anilines is 2. The summed E-state index contributed by atoms with van der Waals surface area (Å²) in [5.74, 6) is 0. The van der Waals surface area contributed by atoms with Gasteiger partial charge in [-0.15, -0.1) is 0 Å². The second-order valence-corrected chi connectivity index (χ2v) is 3.58. The summed E-state index contributed by atoms with van der Waals surface area (Å²) < 4.78 is 0. The number of benzene rings is 1. The number of nitrogens with one attached hydrogen (secondary N) is 1. The van der Waals surface area contributed by atoms with Crippen molar-refractivity contribution in [3.8, 4) is 6.07 Å². The van der Waals surface area contributed by atoms with Crippen LogP contribution < -0.4 is 11.1 Å². The summed E-state index contributed by atoms with van der Waals surface area (Å²) in [6.07, 6.45) is 2.08. The highest BCUT2D eigenvalue weighted by atomic mass is 14.9. The molecule has 78 valence electrons. The number of nitrogens with zero attached hydrogens (tertiary/aromatic N) is 1. The number of nitriles is 1. The van der Waals surface area contributed by atoms with Crippen LogP contribution in [0.1, 0.15) is 19.4 Å². The third kappa shape index (κ3) is 3.35. The molecule has 0 amide bonds. The SMILES string of the molecule is CC(C)=CCNc1ccc(C#N)cc1N. The Kier molecular flexibility index (Phi) is 3.75. The molecular weight excluding hydrogens is 186 g/mol. The lowest BCUT2D eigenvalue weighted by Crippen LogP contribution is -2.02. The molecule has 0 bridgehead atoms. The van der Waals surface area contributed by atoms with E-state index < -0.39 is 0 Å². The summed E-state index contributed by atoms with van der Waals surface area (Å²) in [5.41, 5.74) is 9.10. The van der Waals surface area contributed by atoms with Crippen molar-refractivity contribution < 1.29 is 0 Å². The molecule has 15 heavy (non-hydrogen) atoms. The van der Waals surface area contributed by atoms with Crippen LogP contribution in [0.4, 0.5) is 11.4 Å². The maximum absolute atomic E-state index is 8.67. The smallest absolute Gasteiger partial charge is 0.0992 e.